The number of aromatic amines is 1. The maximum atomic E-state index is 12.2. The lowest BCUT2D eigenvalue weighted by atomic mass is 10.2. The molecule has 6 heteroatoms. The van der Waals surface area contributed by atoms with Crippen molar-refractivity contribution in [2.75, 3.05) is 17.2 Å². The van der Waals surface area contributed by atoms with Crippen molar-refractivity contribution in [3.63, 3.8) is 0 Å². The molecule has 0 atom stereocenters. The van der Waals surface area contributed by atoms with Crippen LogP contribution in [0.25, 0.3) is 0 Å². The number of hydrogen-bond donors (Lipinski definition) is 3. The van der Waals surface area contributed by atoms with Crippen LogP contribution in [-0.4, -0.2) is 27.6 Å². The van der Waals surface area contributed by atoms with Gasteiger partial charge in [-0.2, -0.15) is 5.10 Å². The van der Waals surface area contributed by atoms with E-state index in [0.29, 0.717) is 11.4 Å². The number of rotatable bonds is 5. The Morgan fingerprint density at radius 3 is 2.85 bits per heavy atom. The summed E-state index contributed by atoms with van der Waals surface area (Å²) in [6.07, 6.45) is 2.65. The molecule has 106 valence electrons. The molecular formula is C14H19N5O. The maximum Gasteiger partial charge on any atom is 0.274 e. The predicted molar refractivity (Wildman–Crippen MR) is 79.0 cm³/mol. The molecule has 0 fully saturated rings. The first-order chi connectivity index (χ1) is 9.61. The third-order valence-corrected chi connectivity index (χ3v) is 2.94. The molecule has 0 radical (unpaired) electrons. The second kappa shape index (κ2) is 6.18. The molecule has 0 aromatic carbocycles. The molecule has 0 aliphatic carbocycles. The number of aryl methyl sites for hydroxylation is 2. The second-order valence-corrected chi connectivity index (χ2v) is 4.62. The fraction of sp³-hybridized carbons (Fsp3) is 0.357. The lowest BCUT2D eigenvalue weighted by molar-refractivity contribution is 0.102. The first kappa shape index (κ1) is 14.0. The first-order valence-corrected chi connectivity index (χ1v) is 6.64. The normalized spacial score (nSPS) is 10.3. The molecule has 1 amide bonds. The summed E-state index contributed by atoms with van der Waals surface area (Å²) in [6.45, 7) is 6.66. The van der Waals surface area contributed by atoms with Gasteiger partial charge in [0.1, 0.15) is 5.69 Å². The van der Waals surface area contributed by atoms with Crippen LogP contribution < -0.4 is 10.6 Å². The van der Waals surface area contributed by atoms with E-state index in [4.69, 9.17) is 0 Å². The van der Waals surface area contributed by atoms with E-state index in [-0.39, 0.29) is 5.91 Å². The topological polar surface area (TPSA) is 82.7 Å². The van der Waals surface area contributed by atoms with Gasteiger partial charge >= 0.3 is 0 Å². The highest BCUT2D eigenvalue weighted by Crippen LogP contribution is 2.17. The molecule has 0 bridgehead atoms. The summed E-state index contributed by atoms with van der Waals surface area (Å²) >= 11 is 0. The van der Waals surface area contributed by atoms with Crippen LogP contribution in [0.1, 0.15) is 35.2 Å². The van der Waals surface area contributed by atoms with E-state index in [9.17, 15) is 4.79 Å². The number of H-pyrrole nitrogens is 1. The van der Waals surface area contributed by atoms with E-state index in [2.05, 4.69) is 32.7 Å². The van der Waals surface area contributed by atoms with Crippen molar-refractivity contribution in [1.82, 2.24) is 15.2 Å². The van der Waals surface area contributed by atoms with E-state index in [1.54, 1.807) is 12.3 Å². The largest absolute Gasteiger partial charge is 0.385 e. The third kappa shape index (κ3) is 3.14. The average molecular weight is 273 g/mol. The van der Waals surface area contributed by atoms with Gasteiger partial charge in [0.2, 0.25) is 0 Å². The molecule has 2 aromatic rings. The Morgan fingerprint density at radius 2 is 2.20 bits per heavy atom. The Morgan fingerprint density at radius 1 is 1.40 bits per heavy atom. The van der Waals surface area contributed by atoms with Gasteiger partial charge in [-0.25, -0.2) is 0 Å². The highest BCUT2D eigenvalue weighted by atomic mass is 16.1. The molecule has 3 N–H and O–H groups in total. The zero-order valence-corrected chi connectivity index (χ0v) is 11.9. The van der Waals surface area contributed by atoms with Gasteiger partial charge < -0.3 is 10.6 Å². The number of nitrogens with one attached hydrogen (secondary N) is 3. The number of hydrogen-bond acceptors (Lipinski definition) is 4. The Kier molecular flexibility index (Phi) is 4.34. The lowest BCUT2D eigenvalue weighted by Crippen LogP contribution is -2.15. The average Bonchev–Trinajstić information content (AvgIpc) is 2.77. The van der Waals surface area contributed by atoms with Gasteiger partial charge in [0.05, 0.1) is 17.1 Å². The molecule has 0 aliphatic rings. The van der Waals surface area contributed by atoms with E-state index in [1.807, 2.05) is 19.9 Å². The van der Waals surface area contributed by atoms with Crippen molar-refractivity contribution in [3.8, 4) is 0 Å². The summed E-state index contributed by atoms with van der Waals surface area (Å²) in [7, 11) is 0. The monoisotopic (exact) mass is 273 g/mol. The first-order valence-electron chi connectivity index (χ1n) is 6.64. The molecule has 2 heterocycles. The van der Waals surface area contributed by atoms with Gasteiger partial charge in [0, 0.05) is 18.4 Å². The van der Waals surface area contributed by atoms with Crippen LogP contribution in [0.4, 0.5) is 11.4 Å². The minimum Gasteiger partial charge on any atom is -0.385 e. The lowest BCUT2D eigenvalue weighted by Gasteiger charge is -2.07. The smallest absolute Gasteiger partial charge is 0.274 e. The Labute approximate surface area is 118 Å². The summed E-state index contributed by atoms with van der Waals surface area (Å²) in [6, 6.07) is 3.59. The van der Waals surface area contributed by atoms with Crippen LogP contribution in [0, 0.1) is 13.8 Å². The Bertz CT molecular complexity index is 586. The molecule has 20 heavy (non-hydrogen) atoms. The van der Waals surface area contributed by atoms with Gasteiger partial charge in [-0.3, -0.25) is 14.9 Å². The zero-order valence-electron chi connectivity index (χ0n) is 11.9. The highest BCUT2D eigenvalue weighted by molar-refractivity contribution is 6.03. The highest BCUT2D eigenvalue weighted by Gasteiger charge is 2.13. The van der Waals surface area contributed by atoms with Crippen molar-refractivity contribution in [2.45, 2.75) is 27.2 Å². The van der Waals surface area contributed by atoms with Crippen LogP contribution in [0.5, 0.6) is 0 Å². The van der Waals surface area contributed by atoms with Crippen LogP contribution >= 0.6 is 0 Å². The molecule has 0 saturated carbocycles. The number of carbonyl (C=O) groups is 1. The summed E-state index contributed by atoms with van der Waals surface area (Å²) in [4.78, 5) is 16.3. The molecular weight excluding hydrogens is 254 g/mol. The van der Waals surface area contributed by atoms with Crippen LogP contribution in [0.3, 0.4) is 0 Å². The number of anilines is 2. The summed E-state index contributed by atoms with van der Waals surface area (Å²) < 4.78 is 0. The fourth-order valence-electron chi connectivity index (χ4n) is 1.85. The van der Waals surface area contributed by atoms with E-state index < -0.39 is 0 Å². The van der Waals surface area contributed by atoms with Gasteiger partial charge in [-0.05, 0) is 32.4 Å². The summed E-state index contributed by atoms with van der Waals surface area (Å²) in [5, 5.41) is 13.0. The van der Waals surface area contributed by atoms with Crippen molar-refractivity contribution in [2.24, 2.45) is 0 Å². The standard InChI is InChI=1S/C14H19N5O/c1-4-6-15-11-5-7-16-12(8-11)14(20)17-13-9(2)18-19-10(13)3/h5,7-8H,4,6H2,1-3H3,(H,15,16)(H,17,20)(H,18,19). The molecule has 0 spiro atoms. The van der Waals surface area contributed by atoms with Crippen LogP contribution in [0.2, 0.25) is 0 Å². The van der Waals surface area contributed by atoms with Crippen molar-refractivity contribution in [3.05, 3.63) is 35.4 Å². The summed E-state index contributed by atoms with van der Waals surface area (Å²) in [5.41, 5.74) is 3.58. The number of pyridine rings is 1. The quantitative estimate of drug-likeness (QED) is 0.781. The van der Waals surface area contributed by atoms with Gasteiger partial charge in [-0.1, -0.05) is 6.92 Å². The van der Waals surface area contributed by atoms with Crippen molar-refractivity contribution < 1.29 is 4.79 Å². The van der Waals surface area contributed by atoms with Crippen molar-refractivity contribution >= 4 is 17.3 Å². The third-order valence-electron chi connectivity index (χ3n) is 2.94. The fourth-order valence-corrected chi connectivity index (χ4v) is 1.85. The molecule has 0 unspecified atom stereocenters. The van der Waals surface area contributed by atoms with Gasteiger partial charge in [0.15, 0.2) is 0 Å². The van der Waals surface area contributed by atoms with Crippen LogP contribution in [-0.2, 0) is 0 Å². The zero-order chi connectivity index (χ0) is 14.5. The molecule has 0 aliphatic heterocycles. The number of carbonyl (C=O) groups excluding carboxylic acids is 1. The number of aromatic nitrogens is 3. The Balaban J connectivity index is 2.13. The molecule has 6 nitrogen and oxygen atoms in total. The van der Waals surface area contributed by atoms with Crippen molar-refractivity contribution in [1.29, 1.82) is 0 Å². The van der Waals surface area contributed by atoms with E-state index >= 15 is 0 Å². The maximum absolute atomic E-state index is 12.2. The second-order valence-electron chi connectivity index (χ2n) is 4.62. The molecule has 2 rings (SSSR count). The van der Waals surface area contributed by atoms with Crippen LogP contribution in [0.15, 0.2) is 18.3 Å². The van der Waals surface area contributed by atoms with E-state index in [0.717, 1.165) is 30.0 Å². The molecule has 2 aromatic heterocycles. The predicted octanol–water partition coefficient (Wildman–Crippen LogP) is 2.50. The minimum atomic E-state index is -0.238. The number of nitrogens with zero attached hydrogens (tertiary/aromatic N) is 2. The summed E-state index contributed by atoms with van der Waals surface area (Å²) in [5.74, 6) is -0.238. The number of amides is 1. The Hall–Kier alpha value is -2.37. The van der Waals surface area contributed by atoms with Gasteiger partial charge in [-0.15, -0.1) is 0 Å². The van der Waals surface area contributed by atoms with E-state index in [1.165, 1.54) is 0 Å². The molecule has 0 saturated heterocycles. The SMILES string of the molecule is CCCNc1ccnc(C(=O)Nc2c(C)n[nH]c2C)c1. The minimum absolute atomic E-state index is 0.238. The van der Waals surface area contributed by atoms with Gasteiger partial charge in [0.25, 0.3) is 5.91 Å².